The molecule has 0 saturated heterocycles. The van der Waals surface area contributed by atoms with E-state index in [4.69, 9.17) is 0 Å². The molecule has 1 aliphatic rings. The first-order valence-corrected chi connectivity index (χ1v) is 7.79. The Morgan fingerprint density at radius 2 is 2.14 bits per heavy atom. The van der Waals surface area contributed by atoms with Crippen molar-refractivity contribution >= 4 is 11.9 Å². The molecule has 1 saturated carbocycles. The first kappa shape index (κ1) is 16.5. The van der Waals surface area contributed by atoms with Crippen molar-refractivity contribution in [3.05, 3.63) is 35.6 Å². The van der Waals surface area contributed by atoms with Gasteiger partial charge in [0.1, 0.15) is 11.9 Å². The van der Waals surface area contributed by atoms with Gasteiger partial charge in [-0.2, -0.15) is 0 Å². The lowest BCUT2D eigenvalue weighted by Gasteiger charge is -2.41. The van der Waals surface area contributed by atoms with Crippen LogP contribution in [0.4, 0.5) is 4.39 Å². The summed E-state index contributed by atoms with van der Waals surface area (Å²) >= 11 is 0. The van der Waals surface area contributed by atoms with Gasteiger partial charge in [0.05, 0.1) is 5.41 Å². The van der Waals surface area contributed by atoms with Gasteiger partial charge in [-0.25, -0.2) is 9.18 Å². The third-order valence-electron chi connectivity index (χ3n) is 4.47. The summed E-state index contributed by atoms with van der Waals surface area (Å²) in [5.74, 6) is -1.69. The van der Waals surface area contributed by atoms with Gasteiger partial charge in [-0.3, -0.25) is 4.79 Å². The third kappa shape index (κ3) is 3.29. The minimum atomic E-state index is -1.02. The maximum Gasteiger partial charge on any atom is 0.326 e. The molecule has 1 aromatic rings. The molecule has 1 aliphatic carbocycles. The Labute approximate surface area is 129 Å². The SMILES string of the molecule is CCCC[C@H](NC(=O)C1(c2cccc(F)c2)CCC1)C(=O)O. The summed E-state index contributed by atoms with van der Waals surface area (Å²) in [6.07, 6.45) is 4.16. The predicted molar refractivity (Wildman–Crippen MR) is 81.0 cm³/mol. The van der Waals surface area contributed by atoms with Crippen LogP contribution in [0.15, 0.2) is 24.3 Å². The standard InChI is InChI=1S/C17H22FNO3/c1-2-3-8-14(15(20)21)19-16(22)17(9-5-10-17)12-6-4-7-13(18)11-12/h4,6-7,11,14H,2-3,5,8-10H2,1H3,(H,19,22)(H,20,21)/t14-/m0/s1. The molecule has 2 rings (SSSR count). The fraction of sp³-hybridized carbons (Fsp3) is 0.529. The first-order chi connectivity index (χ1) is 10.5. The topological polar surface area (TPSA) is 66.4 Å². The molecule has 0 radical (unpaired) electrons. The highest BCUT2D eigenvalue weighted by Crippen LogP contribution is 2.44. The van der Waals surface area contributed by atoms with Crippen molar-refractivity contribution in [3.8, 4) is 0 Å². The number of carboxylic acids is 1. The van der Waals surface area contributed by atoms with Crippen molar-refractivity contribution in [2.75, 3.05) is 0 Å². The summed E-state index contributed by atoms with van der Waals surface area (Å²) in [6.45, 7) is 1.97. The average Bonchev–Trinajstić information content (AvgIpc) is 2.42. The van der Waals surface area contributed by atoms with Crippen molar-refractivity contribution in [3.63, 3.8) is 0 Å². The van der Waals surface area contributed by atoms with Crippen LogP contribution in [0.5, 0.6) is 0 Å². The molecule has 22 heavy (non-hydrogen) atoms. The summed E-state index contributed by atoms with van der Waals surface area (Å²) in [6, 6.07) is 5.17. The van der Waals surface area contributed by atoms with Crippen LogP contribution in [0, 0.1) is 5.82 Å². The smallest absolute Gasteiger partial charge is 0.326 e. The number of hydrogen-bond acceptors (Lipinski definition) is 2. The van der Waals surface area contributed by atoms with Crippen LogP contribution in [0.1, 0.15) is 51.0 Å². The van der Waals surface area contributed by atoms with E-state index in [0.29, 0.717) is 24.8 Å². The zero-order valence-corrected chi connectivity index (χ0v) is 12.8. The van der Waals surface area contributed by atoms with Gasteiger partial charge < -0.3 is 10.4 Å². The van der Waals surface area contributed by atoms with Gasteiger partial charge in [0.25, 0.3) is 0 Å². The molecule has 0 aromatic heterocycles. The zero-order chi connectivity index (χ0) is 16.2. The number of nitrogens with one attached hydrogen (secondary N) is 1. The Morgan fingerprint density at radius 1 is 1.41 bits per heavy atom. The van der Waals surface area contributed by atoms with Crippen LogP contribution in [-0.2, 0) is 15.0 Å². The van der Waals surface area contributed by atoms with E-state index in [1.165, 1.54) is 12.1 Å². The Balaban J connectivity index is 2.16. The molecule has 0 aliphatic heterocycles. The number of hydrogen-bond donors (Lipinski definition) is 2. The van der Waals surface area contributed by atoms with E-state index >= 15 is 0 Å². The molecule has 1 aromatic carbocycles. The second-order valence-electron chi connectivity index (χ2n) is 5.95. The molecular formula is C17H22FNO3. The fourth-order valence-corrected chi connectivity index (χ4v) is 2.93. The van der Waals surface area contributed by atoms with E-state index in [2.05, 4.69) is 5.32 Å². The maximum atomic E-state index is 13.5. The lowest BCUT2D eigenvalue weighted by molar-refractivity contribution is -0.143. The van der Waals surface area contributed by atoms with Crippen molar-refractivity contribution in [2.45, 2.75) is 56.9 Å². The van der Waals surface area contributed by atoms with Gasteiger partial charge in [0.15, 0.2) is 0 Å². The Kier molecular flexibility index (Phi) is 5.16. The minimum absolute atomic E-state index is 0.298. The lowest BCUT2D eigenvalue weighted by Crippen LogP contribution is -2.53. The molecule has 0 spiro atoms. The second-order valence-corrected chi connectivity index (χ2v) is 5.95. The van der Waals surface area contributed by atoms with E-state index in [-0.39, 0.29) is 11.7 Å². The largest absolute Gasteiger partial charge is 0.480 e. The molecule has 0 heterocycles. The number of carboxylic acid groups (broad SMARTS) is 1. The molecule has 0 unspecified atom stereocenters. The molecule has 0 bridgehead atoms. The molecule has 1 amide bonds. The quantitative estimate of drug-likeness (QED) is 0.814. The first-order valence-electron chi connectivity index (χ1n) is 7.79. The third-order valence-corrected chi connectivity index (χ3v) is 4.47. The molecule has 2 N–H and O–H groups in total. The van der Waals surface area contributed by atoms with Crippen LogP contribution in [0.2, 0.25) is 0 Å². The van der Waals surface area contributed by atoms with E-state index < -0.39 is 17.4 Å². The Hall–Kier alpha value is -1.91. The molecule has 5 heteroatoms. The van der Waals surface area contributed by atoms with Gasteiger partial charge in [0.2, 0.25) is 5.91 Å². The van der Waals surface area contributed by atoms with Crippen molar-refractivity contribution in [1.82, 2.24) is 5.32 Å². The number of halogens is 1. The molecule has 1 atom stereocenters. The van der Waals surface area contributed by atoms with Gasteiger partial charge in [0, 0.05) is 0 Å². The minimum Gasteiger partial charge on any atom is -0.480 e. The summed E-state index contributed by atoms with van der Waals surface area (Å²) < 4.78 is 13.5. The summed E-state index contributed by atoms with van der Waals surface area (Å²) in [5.41, 5.74) is -0.141. The van der Waals surface area contributed by atoms with Gasteiger partial charge in [-0.15, -0.1) is 0 Å². The molecular weight excluding hydrogens is 285 g/mol. The van der Waals surface area contributed by atoms with E-state index in [0.717, 1.165) is 19.3 Å². The van der Waals surface area contributed by atoms with Crippen LogP contribution < -0.4 is 5.32 Å². The highest BCUT2D eigenvalue weighted by Gasteiger charge is 2.46. The van der Waals surface area contributed by atoms with E-state index in [1.807, 2.05) is 6.92 Å². The number of benzene rings is 1. The maximum absolute atomic E-state index is 13.5. The molecule has 4 nitrogen and oxygen atoms in total. The van der Waals surface area contributed by atoms with Gasteiger partial charge in [-0.05, 0) is 37.0 Å². The van der Waals surface area contributed by atoms with Crippen LogP contribution in [0.3, 0.4) is 0 Å². The Morgan fingerprint density at radius 3 is 2.64 bits per heavy atom. The van der Waals surface area contributed by atoms with E-state index in [9.17, 15) is 19.1 Å². The summed E-state index contributed by atoms with van der Waals surface area (Å²) in [5, 5.41) is 11.9. The van der Waals surface area contributed by atoms with Crippen molar-refractivity contribution < 1.29 is 19.1 Å². The zero-order valence-electron chi connectivity index (χ0n) is 12.8. The Bertz CT molecular complexity index is 555. The van der Waals surface area contributed by atoms with E-state index in [1.54, 1.807) is 12.1 Å². The summed E-state index contributed by atoms with van der Waals surface area (Å²) in [7, 11) is 0. The number of carbonyl (C=O) groups excluding carboxylic acids is 1. The number of rotatable bonds is 7. The monoisotopic (exact) mass is 307 g/mol. The second kappa shape index (κ2) is 6.90. The lowest BCUT2D eigenvalue weighted by atomic mass is 9.63. The van der Waals surface area contributed by atoms with Crippen LogP contribution in [0.25, 0.3) is 0 Å². The molecule has 1 fully saturated rings. The number of aliphatic carboxylic acids is 1. The van der Waals surface area contributed by atoms with Crippen molar-refractivity contribution in [2.24, 2.45) is 0 Å². The highest BCUT2D eigenvalue weighted by atomic mass is 19.1. The number of carbonyl (C=O) groups is 2. The average molecular weight is 307 g/mol. The number of unbranched alkanes of at least 4 members (excludes halogenated alkanes) is 1. The molecule has 120 valence electrons. The summed E-state index contributed by atoms with van der Waals surface area (Å²) in [4.78, 5) is 23.9. The number of amides is 1. The fourth-order valence-electron chi connectivity index (χ4n) is 2.93. The predicted octanol–water partition coefficient (Wildman–Crippen LogP) is 3.01. The van der Waals surface area contributed by atoms with Gasteiger partial charge >= 0.3 is 5.97 Å². The van der Waals surface area contributed by atoms with Crippen LogP contribution in [-0.4, -0.2) is 23.0 Å². The normalized spacial score (nSPS) is 17.4. The van der Waals surface area contributed by atoms with Gasteiger partial charge in [-0.1, -0.05) is 38.3 Å². The highest BCUT2D eigenvalue weighted by molar-refractivity contribution is 5.92. The van der Waals surface area contributed by atoms with Crippen LogP contribution >= 0.6 is 0 Å². The van der Waals surface area contributed by atoms with Crippen molar-refractivity contribution in [1.29, 1.82) is 0 Å².